The van der Waals surface area contributed by atoms with E-state index in [4.69, 9.17) is 9.26 Å². The molecular weight excluding hydrogens is 440 g/mol. The molecule has 0 bridgehead atoms. The monoisotopic (exact) mass is 458 g/mol. The van der Waals surface area contributed by atoms with E-state index in [1.165, 1.54) is 0 Å². The minimum absolute atomic E-state index is 0.0699. The summed E-state index contributed by atoms with van der Waals surface area (Å²) in [5.74, 6) is 0.251. The van der Waals surface area contributed by atoms with Crippen LogP contribution in [0.2, 0.25) is 0 Å². The first-order valence-electron chi connectivity index (χ1n) is 10.3. The summed E-state index contributed by atoms with van der Waals surface area (Å²) in [6.07, 6.45) is 1.72. The predicted molar refractivity (Wildman–Crippen MR) is 124 cm³/mol. The summed E-state index contributed by atoms with van der Waals surface area (Å²) in [5.41, 5.74) is 1.97. The third-order valence-corrected chi connectivity index (χ3v) is 6.38. The van der Waals surface area contributed by atoms with Gasteiger partial charge in [0.25, 0.3) is 11.5 Å². The normalized spacial score (nSPS) is 15.5. The molecule has 0 aliphatic carbocycles. The summed E-state index contributed by atoms with van der Waals surface area (Å²) in [6.45, 7) is 1.70. The second-order valence-electron chi connectivity index (χ2n) is 7.44. The van der Waals surface area contributed by atoms with Crippen molar-refractivity contribution in [2.45, 2.75) is 0 Å². The number of morpholine rings is 1. The highest BCUT2D eigenvalue weighted by Crippen LogP contribution is 2.29. The molecule has 0 unspecified atom stereocenters. The molecule has 0 atom stereocenters. The number of aromatic amines is 1. The molecule has 1 saturated heterocycles. The number of nitrogens with zero attached hydrogens (tertiary/aromatic N) is 3. The molecule has 8 nitrogen and oxygen atoms in total. The molecule has 1 N–H and O–H groups in total. The zero-order valence-electron chi connectivity index (χ0n) is 17.4. The second-order valence-corrected chi connectivity index (χ2v) is 8.49. The molecule has 0 spiro atoms. The van der Waals surface area contributed by atoms with Crippen molar-refractivity contribution in [1.82, 2.24) is 15.0 Å². The fourth-order valence-corrected chi connectivity index (χ4v) is 4.61. The lowest BCUT2D eigenvalue weighted by atomic mass is 10.1. The van der Waals surface area contributed by atoms with Crippen molar-refractivity contribution in [3.63, 3.8) is 0 Å². The SMILES string of the molecule is N#C/C(C(=O)N1CCOCC1)=c1\[nH]c(=O)/c(=C\c2ccc3noc(-c4ccccc4)c3c2)s1. The molecule has 2 aromatic heterocycles. The number of nitrogens with one attached hydrogen (secondary N) is 1. The van der Waals surface area contributed by atoms with Gasteiger partial charge in [-0.15, -0.1) is 11.3 Å². The topological polar surface area (TPSA) is 112 Å². The van der Waals surface area contributed by atoms with Crippen LogP contribution in [0.1, 0.15) is 5.56 Å². The summed E-state index contributed by atoms with van der Waals surface area (Å²) >= 11 is 1.09. The fourth-order valence-electron chi connectivity index (χ4n) is 3.67. The Morgan fingerprint density at radius 1 is 1.18 bits per heavy atom. The van der Waals surface area contributed by atoms with Crippen molar-refractivity contribution in [3.8, 4) is 17.4 Å². The standard InChI is InChI=1S/C24H18N4O4S/c25-14-18(24(30)28-8-10-31-11-9-28)23-26-22(29)20(33-23)13-15-6-7-19-17(12-15)21(32-27-19)16-4-2-1-3-5-16/h1-7,12-13H,8-11H2,(H,26,29)/b20-13+,23-18-. The largest absolute Gasteiger partial charge is 0.378 e. The molecular formula is C24H18N4O4S. The molecule has 2 aromatic carbocycles. The number of benzene rings is 2. The van der Waals surface area contributed by atoms with Crippen molar-refractivity contribution in [2.24, 2.45) is 0 Å². The van der Waals surface area contributed by atoms with E-state index in [-0.39, 0.29) is 15.8 Å². The number of amides is 1. The van der Waals surface area contributed by atoms with Gasteiger partial charge in [-0.1, -0.05) is 41.6 Å². The van der Waals surface area contributed by atoms with Gasteiger partial charge in [-0.05, 0) is 23.8 Å². The number of fused-ring (bicyclic) bond motifs is 1. The number of aromatic nitrogens is 2. The van der Waals surface area contributed by atoms with Gasteiger partial charge in [0.1, 0.15) is 16.2 Å². The highest BCUT2D eigenvalue weighted by molar-refractivity contribution is 7.07. The lowest BCUT2D eigenvalue weighted by Gasteiger charge is -2.26. The van der Waals surface area contributed by atoms with Crippen LogP contribution in [0.4, 0.5) is 0 Å². The van der Waals surface area contributed by atoms with Crippen LogP contribution < -0.4 is 14.8 Å². The molecule has 1 aliphatic heterocycles. The van der Waals surface area contributed by atoms with Crippen molar-refractivity contribution in [2.75, 3.05) is 26.3 Å². The number of carbonyl (C=O) groups is 1. The summed E-state index contributed by atoms with van der Waals surface area (Å²) in [5, 5.41) is 14.5. The molecule has 5 rings (SSSR count). The van der Waals surface area contributed by atoms with Gasteiger partial charge in [-0.25, -0.2) is 0 Å². The van der Waals surface area contributed by atoms with E-state index in [9.17, 15) is 14.9 Å². The van der Waals surface area contributed by atoms with Crippen LogP contribution in [-0.4, -0.2) is 47.3 Å². The van der Waals surface area contributed by atoms with E-state index in [0.29, 0.717) is 42.1 Å². The van der Waals surface area contributed by atoms with Crippen LogP contribution in [0.25, 0.3) is 33.9 Å². The quantitative estimate of drug-likeness (QED) is 0.499. The Balaban J connectivity index is 1.57. The third kappa shape index (κ3) is 4.09. The lowest BCUT2D eigenvalue weighted by Crippen LogP contribution is -2.42. The average Bonchev–Trinajstić information content (AvgIpc) is 3.44. The van der Waals surface area contributed by atoms with Crippen LogP contribution in [0.5, 0.6) is 0 Å². The minimum atomic E-state index is -0.400. The van der Waals surface area contributed by atoms with Crippen molar-refractivity contribution in [1.29, 1.82) is 5.26 Å². The van der Waals surface area contributed by atoms with E-state index >= 15 is 0 Å². The van der Waals surface area contributed by atoms with Crippen LogP contribution in [0, 0.1) is 11.3 Å². The fraction of sp³-hybridized carbons (Fsp3) is 0.167. The van der Waals surface area contributed by atoms with Gasteiger partial charge in [0.2, 0.25) is 0 Å². The summed E-state index contributed by atoms with van der Waals surface area (Å²) < 4.78 is 11.5. The number of hydrogen-bond donors (Lipinski definition) is 1. The zero-order valence-corrected chi connectivity index (χ0v) is 18.2. The second kappa shape index (κ2) is 8.86. The highest BCUT2D eigenvalue weighted by Gasteiger charge is 2.22. The average molecular weight is 458 g/mol. The first-order chi connectivity index (χ1) is 16.1. The van der Waals surface area contributed by atoms with Crippen LogP contribution in [0.15, 0.2) is 57.8 Å². The number of carbonyl (C=O) groups excluding carboxylic acids is 1. The minimum Gasteiger partial charge on any atom is -0.378 e. The van der Waals surface area contributed by atoms with Gasteiger partial charge in [-0.3, -0.25) is 9.59 Å². The van der Waals surface area contributed by atoms with Gasteiger partial charge in [0, 0.05) is 18.7 Å². The van der Waals surface area contributed by atoms with Crippen LogP contribution in [0.3, 0.4) is 0 Å². The number of nitriles is 1. The van der Waals surface area contributed by atoms with E-state index in [1.807, 2.05) is 54.6 Å². The summed E-state index contributed by atoms with van der Waals surface area (Å²) in [4.78, 5) is 29.6. The smallest absolute Gasteiger partial charge is 0.267 e. The maximum Gasteiger partial charge on any atom is 0.267 e. The molecule has 33 heavy (non-hydrogen) atoms. The van der Waals surface area contributed by atoms with E-state index in [2.05, 4.69) is 10.1 Å². The highest BCUT2D eigenvalue weighted by atomic mass is 32.1. The molecule has 1 fully saturated rings. The Kier molecular flexibility index (Phi) is 5.60. The summed E-state index contributed by atoms with van der Waals surface area (Å²) in [6, 6.07) is 17.2. The number of H-pyrrole nitrogens is 1. The molecule has 0 radical (unpaired) electrons. The molecule has 1 aliphatic rings. The molecule has 3 heterocycles. The lowest BCUT2D eigenvalue weighted by molar-refractivity contribution is -0.128. The van der Waals surface area contributed by atoms with Crippen LogP contribution in [-0.2, 0) is 9.53 Å². The molecule has 164 valence electrons. The Hall–Kier alpha value is -4.00. The van der Waals surface area contributed by atoms with Gasteiger partial charge in [0.15, 0.2) is 11.3 Å². The number of thiazole rings is 1. The Labute approximate surface area is 191 Å². The Morgan fingerprint density at radius 3 is 2.73 bits per heavy atom. The predicted octanol–water partition coefficient (Wildman–Crippen LogP) is 1.61. The number of ether oxygens (including phenoxy) is 1. The Bertz CT molecular complexity index is 1550. The van der Waals surface area contributed by atoms with Crippen molar-refractivity contribution < 1.29 is 14.1 Å². The van der Waals surface area contributed by atoms with E-state index in [0.717, 1.165) is 27.8 Å². The maximum atomic E-state index is 12.8. The van der Waals surface area contributed by atoms with Gasteiger partial charge in [-0.2, -0.15) is 5.26 Å². The maximum absolute atomic E-state index is 12.8. The van der Waals surface area contributed by atoms with E-state index in [1.54, 1.807) is 11.0 Å². The molecule has 9 heteroatoms. The molecule has 1 amide bonds. The van der Waals surface area contributed by atoms with Crippen molar-refractivity contribution >= 4 is 39.8 Å². The molecule has 0 saturated carbocycles. The Morgan fingerprint density at radius 2 is 1.97 bits per heavy atom. The number of hydrogen-bond acceptors (Lipinski definition) is 7. The number of rotatable bonds is 3. The third-order valence-electron chi connectivity index (χ3n) is 5.35. The van der Waals surface area contributed by atoms with Crippen molar-refractivity contribution in [3.05, 3.63) is 73.6 Å². The van der Waals surface area contributed by atoms with Gasteiger partial charge in [0.05, 0.1) is 23.1 Å². The summed E-state index contributed by atoms with van der Waals surface area (Å²) in [7, 11) is 0. The molecule has 4 aromatic rings. The van der Waals surface area contributed by atoms with E-state index < -0.39 is 5.91 Å². The first-order valence-corrected chi connectivity index (χ1v) is 11.1. The zero-order chi connectivity index (χ0) is 22.8. The first kappa shape index (κ1) is 20.9. The van der Waals surface area contributed by atoms with Gasteiger partial charge < -0.3 is 19.1 Å². The van der Waals surface area contributed by atoms with Gasteiger partial charge >= 0.3 is 0 Å². The van der Waals surface area contributed by atoms with Crippen LogP contribution >= 0.6 is 11.3 Å².